The van der Waals surface area contributed by atoms with Gasteiger partial charge in [0.05, 0.1) is 23.7 Å². The van der Waals surface area contributed by atoms with Crippen molar-refractivity contribution in [2.45, 2.75) is 32.4 Å². The number of hydrogen-bond donors (Lipinski definition) is 2. The van der Waals surface area contributed by atoms with Crippen LogP contribution >= 0.6 is 11.3 Å². The maximum atomic E-state index is 11.1. The quantitative estimate of drug-likeness (QED) is 0.652. The number of aliphatic hydroxyl groups is 2. The van der Waals surface area contributed by atoms with E-state index in [0.717, 1.165) is 6.42 Å². The second kappa shape index (κ2) is 5.44. The Kier molecular flexibility index (Phi) is 4.07. The van der Waals surface area contributed by atoms with Gasteiger partial charge in [0.2, 0.25) is 0 Å². The van der Waals surface area contributed by atoms with Gasteiger partial charge in [-0.05, 0) is 19.3 Å². The molecule has 2 heterocycles. The maximum Gasteiger partial charge on any atom is 0.304 e. The maximum absolute atomic E-state index is 11.1. The summed E-state index contributed by atoms with van der Waals surface area (Å²) in [7, 11) is 0. The van der Waals surface area contributed by atoms with E-state index in [-0.39, 0.29) is 18.3 Å². The molecule has 1 aromatic rings. The second-order valence-electron chi connectivity index (χ2n) is 4.98. The molecule has 1 fully saturated rings. The van der Waals surface area contributed by atoms with E-state index in [4.69, 9.17) is 0 Å². The number of nitrogens with zero attached hydrogens (tertiary/aromatic N) is 2. The Morgan fingerprint density at radius 2 is 2.37 bits per heavy atom. The summed E-state index contributed by atoms with van der Waals surface area (Å²) in [6.45, 7) is 4.32. The molecular weight excluding hydrogens is 268 g/mol. The Morgan fingerprint density at radius 1 is 1.68 bits per heavy atom. The lowest BCUT2D eigenvalue weighted by Gasteiger charge is -2.25. The first-order chi connectivity index (χ1) is 8.95. The van der Waals surface area contributed by atoms with Crippen LogP contribution in [0, 0.1) is 16.0 Å². The summed E-state index contributed by atoms with van der Waals surface area (Å²) in [6.07, 6.45) is 0.189. The van der Waals surface area contributed by atoms with Crippen LogP contribution in [0.2, 0.25) is 0 Å². The fraction of sp³-hybridized carbons (Fsp3) is 0.667. The summed E-state index contributed by atoms with van der Waals surface area (Å²) in [5.41, 5.74) is 0.0217. The Hall–Kier alpha value is -1.18. The normalized spacial score (nSPS) is 24.7. The van der Waals surface area contributed by atoms with Gasteiger partial charge in [-0.2, -0.15) is 0 Å². The first kappa shape index (κ1) is 14.2. The minimum atomic E-state index is -0.718. The topological polar surface area (TPSA) is 86.8 Å². The molecule has 0 aliphatic carbocycles. The molecule has 3 atom stereocenters. The molecule has 0 radical (unpaired) electrons. The van der Waals surface area contributed by atoms with Crippen LogP contribution in [0.5, 0.6) is 0 Å². The van der Waals surface area contributed by atoms with Crippen LogP contribution in [-0.4, -0.2) is 34.3 Å². The van der Waals surface area contributed by atoms with Crippen LogP contribution in [0.4, 0.5) is 10.7 Å². The zero-order chi connectivity index (χ0) is 14.2. The van der Waals surface area contributed by atoms with E-state index < -0.39 is 11.0 Å². The van der Waals surface area contributed by atoms with Crippen LogP contribution in [0.15, 0.2) is 6.07 Å². The lowest BCUT2D eigenvalue weighted by molar-refractivity contribution is -0.383. The van der Waals surface area contributed by atoms with E-state index >= 15 is 0 Å². The van der Waals surface area contributed by atoms with Crippen molar-refractivity contribution in [1.29, 1.82) is 0 Å². The van der Waals surface area contributed by atoms with Crippen molar-refractivity contribution in [3.8, 4) is 0 Å². The number of nitro groups is 1. The van der Waals surface area contributed by atoms with Gasteiger partial charge in [0.1, 0.15) is 0 Å². The molecule has 2 unspecified atom stereocenters. The van der Waals surface area contributed by atoms with Crippen molar-refractivity contribution in [3.63, 3.8) is 0 Å². The molecule has 0 amide bonds. The molecule has 1 aliphatic heterocycles. The molecule has 1 aliphatic rings. The van der Waals surface area contributed by atoms with Crippen LogP contribution < -0.4 is 4.90 Å². The predicted octanol–water partition coefficient (Wildman–Crippen LogP) is 1.92. The molecule has 0 saturated carbocycles. The minimum Gasteiger partial charge on any atom is -0.394 e. The van der Waals surface area contributed by atoms with E-state index in [1.807, 2.05) is 11.8 Å². The molecule has 2 N–H and O–H groups in total. The lowest BCUT2D eigenvalue weighted by atomic mass is 10.0. The van der Waals surface area contributed by atoms with Crippen molar-refractivity contribution >= 4 is 22.0 Å². The lowest BCUT2D eigenvalue weighted by Crippen LogP contribution is -2.34. The monoisotopic (exact) mass is 286 g/mol. The van der Waals surface area contributed by atoms with Crippen LogP contribution in [0.3, 0.4) is 0 Å². The molecule has 0 spiro atoms. The van der Waals surface area contributed by atoms with Gasteiger partial charge in [0.15, 0.2) is 5.00 Å². The number of anilines is 1. The van der Waals surface area contributed by atoms with E-state index in [2.05, 4.69) is 0 Å². The zero-order valence-corrected chi connectivity index (χ0v) is 11.8. The standard InChI is InChI=1S/C12H18N2O4S/c1-7-3-4-13(10(7)6-15)12-9(14(17)18)5-11(19-12)8(2)16/h5,7-8,10,15-16H,3-4,6H2,1-2H3/t7?,8-,10?/m0/s1. The Labute approximate surface area is 115 Å². The second-order valence-corrected chi connectivity index (χ2v) is 6.04. The first-order valence-corrected chi connectivity index (χ1v) is 7.11. The highest BCUT2D eigenvalue weighted by molar-refractivity contribution is 7.16. The predicted molar refractivity (Wildman–Crippen MR) is 73.6 cm³/mol. The SMILES string of the molecule is CC1CCN(c2sc([C@H](C)O)cc2[N+](=O)[O-])C1CO. The summed E-state index contributed by atoms with van der Waals surface area (Å²) in [4.78, 5) is 13.2. The third-order valence-corrected chi connectivity index (χ3v) is 4.98. The molecule has 19 heavy (non-hydrogen) atoms. The average molecular weight is 286 g/mol. The van der Waals surface area contributed by atoms with E-state index in [9.17, 15) is 20.3 Å². The highest BCUT2D eigenvalue weighted by atomic mass is 32.1. The van der Waals surface area contributed by atoms with Gasteiger partial charge in [-0.3, -0.25) is 10.1 Å². The molecule has 6 nitrogen and oxygen atoms in total. The van der Waals surface area contributed by atoms with E-state index in [1.54, 1.807) is 6.92 Å². The average Bonchev–Trinajstić information content (AvgIpc) is 2.91. The minimum absolute atomic E-state index is 0.0137. The van der Waals surface area contributed by atoms with Crippen molar-refractivity contribution in [3.05, 3.63) is 21.1 Å². The van der Waals surface area contributed by atoms with Crippen molar-refractivity contribution in [2.24, 2.45) is 5.92 Å². The smallest absolute Gasteiger partial charge is 0.304 e. The van der Waals surface area contributed by atoms with Crippen LogP contribution in [0.25, 0.3) is 0 Å². The summed E-state index contributed by atoms with van der Waals surface area (Å²) >= 11 is 1.24. The van der Waals surface area contributed by atoms with Crippen LogP contribution in [-0.2, 0) is 0 Å². The fourth-order valence-corrected chi connectivity index (χ4v) is 3.62. The summed E-state index contributed by atoms with van der Waals surface area (Å²) in [6, 6.07) is 1.35. The molecule has 2 rings (SSSR count). The van der Waals surface area contributed by atoms with Crippen LogP contribution in [0.1, 0.15) is 31.2 Å². The Morgan fingerprint density at radius 3 is 2.89 bits per heavy atom. The Bertz CT molecular complexity index is 474. The van der Waals surface area contributed by atoms with Gasteiger partial charge < -0.3 is 15.1 Å². The molecule has 1 saturated heterocycles. The summed E-state index contributed by atoms with van der Waals surface area (Å²) < 4.78 is 0. The molecule has 0 aromatic carbocycles. The molecule has 106 valence electrons. The number of thiophene rings is 1. The zero-order valence-electron chi connectivity index (χ0n) is 10.9. The molecule has 1 aromatic heterocycles. The van der Waals surface area contributed by atoms with Gasteiger partial charge in [-0.15, -0.1) is 11.3 Å². The van der Waals surface area contributed by atoms with Crippen molar-refractivity contribution in [1.82, 2.24) is 0 Å². The number of rotatable bonds is 4. The third-order valence-electron chi connectivity index (χ3n) is 3.65. The Balaban J connectivity index is 2.40. The first-order valence-electron chi connectivity index (χ1n) is 6.29. The summed E-state index contributed by atoms with van der Waals surface area (Å²) in [5.74, 6) is 0.307. The van der Waals surface area contributed by atoms with Gasteiger partial charge in [-0.1, -0.05) is 6.92 Å². The van der Waals surface area contributed by atoms with E-state index in [1.165, 1.54) is 17.4 Å². The third kappa shape index (κ3) is 2.58. The largest absolute Gasteiger partial charge is 0.394 e. The number of hydrogen-bond acceptors (Lipinski definition) is 6. The summed E-state index contributed by atoms with van der Waals surface area (Å²) in [5, 5.41) is 30.7. The van der Waals surface area contributed by atoms with Crippen molar-refractivity contribution < 1.29 is 15.1 Å². The highest BCUT2D eigenvalue weighted by Gasteiger charge is 2.36. The van der Waals surface area contributed by atoms with Gasteiger partial charge in [0.25, 0.3) is 0 Å². The molecular formula is C12H18N2O4S. The van der Waals surface area contributed by atoms with Gasteiger partial charge >= 0.3 is 5.69 Å². The van der Waals surface area contributed by atoms with E-state index in [0.29, 0.717) is 22.3 Å². The number of aliphatic hydroxyl groups excluding tert-OH is 2. The van der Waals surface area contributed by atoms with Gasteiger partial charge in [-0.25, -0.2) is 0 Å². The highest BCUT2D eigenvalue weighted by Crippen LogP contribution is 2.43. The fourth-order valence-electron chi connectivity index (χ4n) is 2.47. The molecule has 7 heteroatoms. The van der Waals surface area contributed by atoms with Gasteiger partial charge in [0, 0.05) is 17.5 Å². The molecule has 0 bridgehead atoms. The van der Waals surface area contributed by atoms with Crippen molar-refractivity contribution in [2.75, 3.05) is 18.1 Å².